The summed E-state index contributed by atoms with van der Waals surface area (Å²) in [5.41, 5.74) is 2.10. The van der Waals surface area contributed by atoms with Gasteiger partial charge in [-0.25, -0.2) is 0 Å². The second-order valence-electron chi connectivity index (χ2n) is 5.93. The third-order valence-corrected chi connectivity index (χ3v) is 5.59. The van der Waals surface area contributed by atoms with Crippen LogP contribution in [0.15, 0.2) is 18.3 Å². The van der Waals surface area contributed by atoms with Crippen LogP contribution >= 0.6 is 11.3 Å². The van der Waals surface area contributed by atoms with Gasteiger partial charge in [-0.15, -0.1) is 11.3 Å². The lowest BCUT2D eigenvalue weighted by atomic mass is 10.2. The monoisotopic (exact) mass is 333 g/mol. The van der Waals surface area contributed by atoms with Crippen LogP contribution in [0, 0.1) is 0 Å². The summed E-state index contributed by atoms with van der Waals surface area (Å²) in [6.45, 7) is 2.49. The van der Waals surface area contributed by atoms with Crippen molar-refractivity contribution in [3.63, 3.8) is 0 Å². The smallest absolute Gasteiger partial charge is 0.264 e. The van der Waals surface area contributed by atoms with E-state index in [4.69, 9.17) is 9.84 Å². The molecule has 0 aromatic carbocycles. The number of hydrogen-bond donors (Lipinski definition) is 1. The summed E-state index contributed by atoms with van der Waals surface area (Å²) in [7, 11) is 0. The number of aromatic nitrogens is 2. The first-order valence-electron chi connectivity index (χ1n) is 7.91. The van der Waals surface area contributed by atoms with Gasteiger partial charge in [0.05, 0.1) is 42.6 Å². The summed E-state index contributed by atoms with van der Waals surface area (Å²) in [4.78, 5) is 16.5. The molecular formula is C16H19N3O3S. The van der Waals surface area contributed by atoms with Crippen LogP contribution in [0.5, 0.6) is 0 Å². The Kier molecular flexibility index (Phi) is 3.92. The average molecular weight is 333 g/mol. The number of fused-ring (bicyclic) bond motifs is 1. The predicted octanol–water partition coefficient (Wildman–Crippen LogP) is 1.94. The molecule has 2 aromatic heterocycles. The van der Waals surface area contributed by atoms with Crippen molar-refractivity contribution < 1.29 is 14.6 Å². The molecule has 2 aliphatic rings. The number of hydrogen-bond acceptors (Lipinski definition) is 5. The Morgan fingerprint density at radius 2 is 2.35 bits per heavy atom. The number of aliphatic hydroxyl groups is 1. The molecule has 1 N–H and O–H groups in total. The first kappa shape index (κ1) is 14.9. The SMILES string of the molecule is O=C(c1ccc(C2CCCO2)s1)N1Cc2cnn(CCO)c2C1. The van der Waals surface area contributed by atoms with Crippen LogP contribution < -0.4 is 0 Å². The zero-order valence-corrected chi connectivity index (χ0v) is 13.6. The van der Waals surface area contributed by atoms with Gasteiger partial charge in [-0.05, 0) is 25.0 Å². The highest BCUT2D eigenvalue weighted by molar-refractivity contribution is 7.14. The van der Waals surface area contributed by atoms with Crippen molar-refractivity contribution in [1.29, 1.82) is 0 Å². The predicted molar refractivity (Wildman–Crippen MR) is 85.1 cm³/mol. The molecule has 122 valence electrons. The zero-order valence-electron chi connectivity index (χ0n) is 12.8. The molecule has 0 bridgehead atoms. The number of amides is 1. The lowest BCUT2D eigenvalue weighted by molar-refractivity contribution is 0.0752. The van der Waals surface area contributed by atoms with E-state index in [0.717, 1.165) is 40.5 Å². The summed E-state index contributed by atoms with van der Waals surface area (Å²) in [6.07, 6.45) is 4.09. The fourth-order valence-electron chi connectivity index (χ4n) is 3.24. The summed E-state index contributed by atoms with van der Waals surface area (Å²) in [6, 6.07) is 3.93. The minimum Gasteiger partial charge on any atom is -0.394 e. The second kappa shape index (κ2) is 6.07. The molecule has 0 aliphatic carbocycles. The molecule has 0 radical (unpaired) electrons. The fraction of sp³-hybridized carbons (Fsp3) is 0.500. The van der Waals surface area contributed by atoms with Crippen molar-refractivity contribution in [3.8, 4) is 0 Å². The molecule has 1 amide bonds. The second-order valence-corrected chi connectivity index (χ2v) is 7.04. The van der Waals surface area contributed by atoms with Gasteiger partial charge in [-0.2, -0.15) is 5.10 Å². The Bertz CT molecular complexity index is 718. The van der Waals surface area contributed by atoms with Crippen molar-refractivity contribution in [3.05, 3.63) is 39.3 Å². The van der Waals surface area contributed by atoms with E-state index in [0.29, 0.717) is 19.6 Å². The maximum absolute atomic E-state index is 12.7. The molecule has 1 fully saturated rings. The van der Waals surface area contributed by atoms with Crippen LogP contribution in [0.2, 0.25) is 0 Å². The minimum atomic E-state index is 0.0533. The van der Waals surface area contributed by atoms with Gasteiger partial charge < -0.3 is 14.7 Å². The van der Waals surface area contributed by atoms with Gasteiger partial charge in [0, 0.05) is 23.6 Å². The molecular weight excluding hydrogens is 314 g/mol. The lowest BCUT2D eigenvalue weighted by Gasteiger charge is -2.15. The molecule has 7 heteroatoms. The number of nitrogens with zero attached hydrogens (tertiary/aromatic N) is 3. The highest BCUT2D eigenvalue weighted by Gasteiger charge is 2.29. The van der Waals surface area contributed by atoms with Crippen LogP contribution in [-0.4, -0.2) is 38.9 Å². The van der Waals surface area contributed by atoms with Crippen molar-refractivity contribution in [2.45, 2.75) is 38.6 Å². The Balaban J connectivity index is 1.48. The van der Waals surface area contributed by atoms with Crippen molar-refractivity contribution in [2.75, 3.05) is 13.2 Å². The number of carbonyl (C=O) groups is 1. The molecule has 0 spiro atoms. The molecule has 4 rings (SSSR count). The number of ether oxygens (including phenoxy) is 1. The maximum atomic E-state index is 12.7. The van der Waals surface area contributed by atoms with Crippen molar-refractivity contribution >= 4 is 17.2 Å². The Morgan fingerprint density at radius 3 is 3.13 bits per heavy atom. The van der Waals surface area contributed by atoms with Crippen molar-refractivity contribution in [1.82, 2.24) is 14.7 Å². The maximum Gasteiger partial charge on any atom is 0.264 e. The highest BCUT2D eigenvalue weighted by Crippen LogP contribution is 2.34. The topological polar surface area (TPSA) is 67.6 Å². The largest absolute Gasteiger partial charge is 0.394 e. The van der Waals surface area contributed by atoms with E-state index in [9.17, 15) is 4.79 Å². The van der Waals surface area contributed by atoms with E-state index in [1.54, 1.807) is 22.2 Å². The molecule has 1 atom stereocenters. The van der Waals surface area contributed by atoms with Crippen LogP contribution in [0.4, 0.5) is 0 Å². The first-order chi connectivity index (χ1) is 11.3. The fourth-order valence-corrected chi connectivity index (χ4v) is 4.30. The van der Waals surface area contributed by atoms with Crippen LogP contribution in [-0.2, 0) is 24.4 Å². The molecule has 4 heterocycles. The number of aliphatic hydroxyl groups excluding tert-OH is 1. The lowest BCUT2D eigenvalue weighted by Crippen LogP contribution is -2.25. The summed E-state index contributed by atoms with van der Waals surface area (Å²) >= 11 is 1.54. The Morgan fingerprint density at radius 1 is 1.43 bits per heavy atom. The number of carbonyl (C=O) groups excluding carboxylic acids is 1. The standard InChI is InChI=1S/C16H19N3O3S/c20-6-5-19-12-10-18(9-11(12)8-17-19)16(21)15-4-3-14(23-15)13-2-1-7-22-13/h3-4,8,13,20H,1-2,5-7,9-10H2. The van der Waals surface area contributed by atoms with Gasteiger partial charge in [-0.1, -0.05) is 0 Å². The van der Waals surface area contributed by atoms with E-state index >= 15 is 0 Å². The molecule has 23 heavy (non-hydrogen) atoms. The average Bonchev–Trinajstić information content (AvgIpc) is 3.32. The van der Waals surface area contributed by atoms with Gasteiger partial charge in [0.15, 0.2) is 0 Å². The first-order valence-corrected chi connectivity index (χ1v) is 8.73. The van der Waals surface area contributed by atoms with Gasteiger partial charge in [0.1, 0.15) is 0 Å². The Labute approximate surface area is 138 Å². The van der Waals surface area contributed by atoms with Crippen LogP contribution in [0.3, 0.4) is 0 Å². The van der Waals surface area contributed by atoms with Gasteiger partial charge in [-0.3, -0.25) is 9.48 Å². The third-order valence-electron chi connectivity index (χ3n) is 4.42. The molecule has 1 unspecified atom stereocenters. The van der Waals surface area contributed by atoms with E-state index in [1.165, 1.54) is 0 Å². The van der Waals surface area contributed by atoms with Gasteiger partial charge in [0.2, 0.25) is 0 Å². The minimum absolute atomic E-state index is 0.0533. The van der Waals surface area contributed by atoms with E-state index in [2.05, 4.69) is 5.10 Å². The van der Waals surface area contributed by atoms with E-state index < -0.39 is 0 Å². The highest BCUT2D eigenvalue weighted by atomic mass is 32.1. The quantitative estimate of drug-likeness (QED) is 0.928. The molecule has 1 saturated heterocycles. The Hall–Kier alpha value is -1.70. The van der Waals surface area contributed by atoms with Crippen LogP contribution in [0.25, 0.3) is 0 Å². The van der Waals surface area contributed by atoms with E-state index in [1.807, 2.05) is 17.0 Å². The molecule has 6 nitrogen and oxygen atoms in total. The summed E-state index contributed by atoms with van der Waals surface area (Å²) in [5.74, 6) is 0.0611. The summed E-state index contributed by atoms with van der Waals surface area (Å²) < 4.78 is 7.48. The van der Waals surface area contributed by atoms with Gasteiger partial charge >= 0.3 is 0 Å². The van der Waals surface area contributed by atoms with Crippen molar-refractivity contribution in [2.24, 2.45) is 0 Å². The summed E-state index contributed by atoms with van der Waals surface area (Å²) in [5, 5.41) is 13.3. The van der Waals surface area contributed by atoms with Gasteiger partial charge in [0.25, 0.3) is 5.91 Å². The molecule has 2 aliphatic heterocycles. The molecule has 0 saturated carbocycles. The zero-order chi connectivity index (χ0) is 15.8. The molecule has 2 aromatic rings. The van der Waals surface area contributed by atoms with E-state index in [-0.39, 0.29) is 18.6 Å². The normalized spacial score (nSPS) is 20.2. The number of thiophene rings is 1. The van der Waals surface area contributed by atoms with Crippen LogP contribution in [0.1, 0.15) is 44.8 Å². The third kappa shape index (κ3) is 2.69. The number of rotatable bonds is 4.